The number of benzene rings is 1. The van der Waals surface area contributed by atoms with E-state index in [4.69, 9.17) is 4.42 Å². The lowest BCUT2D eigenvalue weighted by Gasteiger charge is -2.09. The number of furan rings is 1. The van der Waals surface area contributed by atoms with Crippen molar-refractivity contribution in [2.75, 3.05) is 5.32 Å². The molecule has 0 radical (unpaired) electrons. The fraction of sp³-hybridized carbons (Fsp3) is 0.238. The Kier molecular flexibility index (Phi) is 4.24. The first-order valence-electron chi connectivity index (χ1n) is 8.11. The Bertz CT molecular complexity index is 850. The molecule has 0 saturated carbocycles. The van der Waals surface area contributed by atoms with Crippen LogP contribution in [-0.2, 0) is 6.42 Å². The van der Waals surface area contributed by atoms with Crippen LogP contribution in [0.25, 0.3) is 18.4 Å². The molecule has 1 aromatic heterocycles. The number of hydrogen-bond acceptors (Lipinski definition) is 2. The SMILES string of the molecule is C=C/C(Nc1ccc(C(C)C)cc1)=c1/oc2c(c1=C)CCC=C2. The van der Waals surface area contributed by atoms with Gasteiger partial charge in [-0.15, -0.1) is 0 Å². The number of hydrogen-bond donors (Lipinski definition) is 1. The van der Waals surface area contributed by atoms with Gasteiger partial charge >= 0.3 is 0 Å². The lowest BCUT2D eigenvalue weighted by molar-refractivity contribution is 0.516. The van der Waals surface area contributed by atoms with Gasteiger partial charge in [-0.3, -0.25) is 0 Å². The number of rotatable bonds is 4. The molecular weight excluding hydrogens is 282 g/mol. The van der Waals surface area contributed by atoms with Gasteiger partial charge in [0.2, 0.25) is 0 Å². The summed E-state index contributed by atoms with van der Waals surface area (Å²) in [6.45, 7) is 12.5. The number of nitrogens with one attached hydrogen (secondary N) is 1. The Hall–Kier alpha value is -2.48. The first kappa shape index (κ1) is 15.4. The van der Waals surface area contributed by atoms with Crippen molar-refractivity contribution in [2.24, 2.45) is 0 Å². The van der Waals surface area contributed by atoms with E-state index >= 15 is 0 Å². The van der Waals surface area contributed by atoms with Crippen LogP contribution in [0, 0.1) is 0 Å². The van der Waals surface area contributed by atoms with E-state index in [1.54, 1.807) is 6.08 Å². The molecule has 1 aliphatic rings. The van der Waals surface area contributed by atoms with E-state index < -0.39 is 0 Å². The van der Waals surface area contributed by atoms with Crippen molar-refractivity contribution in [3.05, 3.63) is 70.5 Å². The molecule has 0 amide bonds. The van der Waals surface area contributed by atoms with Gasteiger partial charge in [0.15, 0.2) is 5.42 Å². The highest BCUT2D eigenvalue weighted by Crippen LogP contribution is 2.19. The van der Waals surface area contributed by atoms with Gasteiger partial charge in [0, 0.05) is 16.5 Å². The molecule has 0 fully saturated rings. The monoisotopic (exact) mass is 305 g/mol. The van der Waals surface area contributed by atoms with Crippen LogP contribution in [0.3, 0.4) is 0 Å². The van der Waals surface area contributed by atoms with E-state index in [-0.39, 0.29) is 0 Å². The second kappa shape index (κ2) is 6.33. The summed E-state index contributed by atoms with van der Waals surface area (Å²) in [5.74, 6) is 1.45. The summed E-state index contributed by atoms with van der Waals surface area (Å²) in [6.07, 6.45) is 8.00. The Morgan fingerprint density at radius 2 is 2.00 bits per heavy atom. The van der Waals surface area contributed by atoms with Crippen LogP contribution in [0.2, 0.25) is 0 Å². The third kappa shape index (κ3) is 3.02. The van der Waals surface area contributed by atoms with Crippen molar-refractivity contribution in [3.8, 4) is 0 Å². The van der Waals surface area contributed by atoms with Crippen molar-refractivity contribution in [1.29, 1.82) is 0 Å². The third-order valence-electron chi connectivity index (χ3n) is 4.28. The van der Waals surface area contributed by atoms with Crippen LogP contribution in [0.15, 0.2) is 47.4 Å². The van der Waals surface area contributed by atoms with Crippen LogP contribution in [-0.4, -0.2) is 0 Å². The molecule has 0 saturated heterocycles. The molecule has 0 unspecified atom stereocenters. The quantitative estimate of drug-likeness (QED) is 0.916. The van der Waals surface area contributed by atoms with Gasteiger partial charge in [0.05, 0.1) is 5.70 Å². The van der Waals surface area contributed by atoms with Gasteiger partial charge in [-0.2, -0.15) is 0 Å². The predicted octanol–water partition coefficient (Wildman–Crippen LogP) is 4.18. The number of allylic oxidation sites excluding steroid dienone is 1. The Morgan fingerprint density at radius 3 is 2.61 bits per heavy atom. The van der Waals surface area contributed by atoms with E-state index in [0.717, 1.165) is 40.6 Å². The fourth-order valence-electron chi connectivity index (χ4n) is 2.87. The highest BCUT2D eigenvalue weighted by atomic mass is 16.3. The van der Waals surface area contributed by atoms with Gasteiger partial charge in [0.1, 0.15) is 5.76 Å². The molecule has 1 heterocycles. The van der Waals surface area contributed by atoms with E-state index in [0.29, 0.717) is 5.92 Å². The minimum Gasteiger partial charge on any atom is -0.454 e. The predicted molar refractivity (Wildman–Crippen MR) is 98.6 cm³/mol. The zero-order valence-electron chi connectivity index (χ0n) is 13.9. The number of anilines is 1. The van der Waals surface area contributed by atoms with Crippen LogP contribution in [0.4, 0.5) is 5.69 Å². The maximum atomic E-state index is 6.00. The van der Waals surface area contributed by atoms with Crippen molar-refractivity contribution in [2.45, 2.75) is 32.6 Å². The zero-order valence-corrected chi connectivity index (χ0v) is 13.9. The van der Waals surface area contributed by atoms with E-state index in [2.05, 4.69) is 62.7 Å². The van der Waals surface area contributed by atoms with Gasteiger partial charge in [-0.05, 0) is 48.6 Å². The zero-order chi connectivity index (χ0) is 16.4. The topological polar surface area (TPSA) is 25.2 Å². The smallest absolute Gasteiger partial charge is 0.157 e. The summed E-state index contributed by atoms with van der Waals surface area (Å²) >= 11 is 0. The molecule has 3 rings (SSSR count). The lowest BCUT2D eigenvalue weighted by Crippen LogP contribution is -2.26. The largest absolute Gasteiger partial charge is 0.454 e. The summed E-state index contributed by atoms with van der Waals surface area (Å²) < 4.78 is 6.00. The molecule has 1 N–H and O–H groups in total. The molecule has 1 aliphatic carbocycles. The average Bonchev–Trinajstić information content (AvgIpc) is 2.90. The van der Waals surface area contributed by atoms with E-state index in [9.17, 15) is 0 Å². The van der Waals surface area contributed by atoms with E-state index in [1.165, 1.54) is 11.1 Å². The lowest BCUT2D eigenvalue weighted by atomic mass is 10.0. The molecule has 2 nitrogen and oxygen atoms in total. The summed E-state index contributed by atoms with van der Waals surface area (Å²) in [4.78, 5) is 0. The number of fused-ring (bicyclic) bond motifs is 1. The second-order valence-electron chi connectivity index (χ2n) is 6.21. The summed E-state index contributed by atoms with van der Waals surface area (Å²) in [5.41, 5.74) is 5.19. The molecule has 118 valence electrons. The maximum absolute atomic E-state index is 6.00. The first-order valence-corrected chi connectivity index (χ1v) is 8.11. The van der Waals surface area contributed by atoms with Gasteiger partial charge in [-0.25, -0.2) is 0 Å². The highest BCUT2D eigenvalue weighted by Gasteiger charge is 2.12. The molecule has 2 heteroatoms. The molecule has 0 spiro atoms. The van der Waals surface area contributed by atoms with E-state index in [1.807, 2.05) is 6.08 Å². The third-order valence-corrected chi connectivity index (χ3v) is 4.28. The Labute approximate surface area is 137 Å². The molecule has 1 aromatic carbocycles. The van der Waals surface area contributed by atoms with Crippen LogP contribution in [0.5, 0.6) is 0 Å². The van der Waals surface area contributed by atoms with Gasteiger partial charge in [0.25, 0.3) is 0 Å². The molecule has 0 atom stereocenters. The fourth-order valence-corrected chi connectivity index (χ4v) is 2.87. The minimum absolute atomic E-state index is 0.530. The van der Waals surface area contributed by atoms with Crippen LogP contribution in [0.1, 0.15) is 43.1 Å². The van der Waals surface area contributed by atoms with Gasteiger partial charge < -0.3 is 9.73 Å². The van der Waals surface area contributed by atoms with Crippen LogP contribution < -0.4 is 16.0 Å². The Morgan fingerprint density at radius 1 is 1.26 bits per heavy atom. The van der Waals surface area contributed by atoms with Gasteiger partial charge in [-0.1, -0.05) is 45.2 Å². The highest BCUT2D eigenvalue weighted by molar-refractivity contribution is 5.70. The maximum Gasteiger partial charge on any atom is 0.157 e. The van der Waals surface area contributed by atoms with Crippen LogP contribution >= 0.6 is 0 Å². The summed E-state index contributed by atoms with van der Waals surface area (Å²) in [6, 6.07) is 8.47. The molecule has 23 heavy (non-hydrogen) atoms. The van der Waals surface area contributed by atoms with Crippen molar-refractivity contribution >= 4 is 24.0 Å². The van der Waals surface area contributed by atoms with Crippen molar-refractivity contribution in [1.82, 2.24) is 0 Å². The van der Waals surface area contributed by atoms with Crippen molar-refractivity contribution in [3.63, 3.8) is 0 Å². The van der Waals surface area contributed by atoms with Crippen molar-refractivity contribution < 1.29 is 4.42 Å². The summed E-state index contributed by atoms with van der Waals surface area (Å²) in [7, 11) is 0. The normalized spacial score (nSPS) is 14.6. The molecule has 0 aliphatic heterocycles. The minimum atomic E-state index is 0.530. The molecule has 2 aromatic rings. The first-order chi connectivity index (χ1) is 11.1. The molecular formula is C21H23NO. The second-order valence-corrected chi connectivity index (χ2v) is 6.21. The summed E-state index contributed by atoms with van der Waals surface area (Å²) in [5, 5.41) is 4.37. The standard InChI is InChI=1S/C21H23NO/c1-5-19(22-17-12-10-16(11-13-17)14(2)3)21-15(4)18-8-6-7-9-20(18)23-21/h5,7,9-14,22H,1,4,6,8H2,2-3H3/b21-19-. The molecule has 0 bridgehead atoms. The Balaban J connectivity index is 2.00. The average molecular weight is 305 g/mol.